The molecule has 0 aliphatic heterocycles. The van der Waals surface area contributed by atoms with E-state index in [4.69, 9.17) is 0 Å². The molecule has 128 valence electrons. The number of hydrogen-bond donors (Lipinski definition) is 2. The summed E-state index contributed by atoms with van der Waals surface area (Å²) in [5.41, 5.74) is 2.77. The summed E-state index contributed by atoms with van der Waals surface area (Å²) < 4.78 is 1.56. The van der Waals surface area contributed by atoms with E-state index >= 15 is 0 Å². The van der Waals surface area contributed by atoms with Crippen molar-refractivity contribution in [3.05, 3.63) is 77.0 Å². The van der Waals surface area contributed by atoms with E-state index in [-0.39, 0.29) is 11.4 Å². The molecule has 0 fully saturated rings. The van der Waals surface area contributed by atoms with E-state index in [9.17, 15) is 15.2 Å². The molecule has 1 heterocycles. The van der Waals surface area contributed by atoms with Gasteiger partial charge in [-0.3, -0.25) is 10.1 Å². The zero-order chi connectivity index (χ0) is 18.3. The quantitative estimate of drug-likeness (QED) is 0.317. The molecule has 4 rings (SSSR count). The number of benzene rings is 3. The standard InChI is InChI=1S/C19H13N3O3S/c23-18-10-17(19(26)9-15(18)12-4-2-1-3-5-12)21-11-13-8-14(22(24)25)6-7-16(13)20-21/h1-11,23,26H. The normalized spacial score (nSPS) is 11.0. The zero-order valence-corrected chi connectivity index (χ0v) is 14.3. The number of non-ortho nitro benzene ring substituents is 1. The van der Waals surface area contributed by atoms with Gasteiger partial charge in [0.15, 0.2) is 0 Å². The fourth-order valence-corrected chi connectivity index (χ4v) is 3.14. The van der Waals surface area contributed by atoms with E-state index in [0.29, 0.717) is 27.0 Å². The Balaban J connectivity index is 1.82. The highest BCUT2D eigenvalue weighted by molar-refractivity contribution is 7.80. The second-order valence-corrected chi connectivity index (χ2v) is 6.28. The van der Waals surface area contributed by atoms with Crippen molar-refractivity contribution in [3.63, 3.8) is 0 Å². The SMILES string of the molecule is O=[N+]([O-])c1ccc2nn(-c3cc(O)c(-c4ccccc4)cc3S)cc2c1. The lowest BCUT2D eigenvalue weighted by Crippen LogP contribution is -1.96. The Morgan fingerprint density at radius 2 is 1.85 bits per heavy atom. The van der Waals surface area contributed by atoms with Gasteiger partial charge < -0.3 is 5.11 Å². The van der Waals surface area contributed by atoms with Gasteiger partial charge in [-0.25, -0.2) is 4.68 Å². The number of nitro benzene ring substituents is 1. The highest BCUT2D eigenvalue weighted by Crippen LogP contribution is 2.35. The van der Waals surface area contributed by atoms with Crippen LogP contribution in [0.1, 0.15) is 0 Å². The van der Waals surface area contributed by atoms with Crippen LogP contribution < -0.4 is 0 Å². The number of nitro groups is 1. The summed E-state index contributed by atoms with van der Waals surface area (Å²) in [4.78, 5) is 11.1. The summed E-state index contributed by atoms with van der Waals surface area (Å²) in [5, 5.41) is 26.4. The minimum absolute atomic E-state index is 0.00502. The molecule has 0 aliphatic rings. The second kappa shape index (κ2) is 6.20. The van der Waals surface area contributed by atoms with Crippen molar-refractivity contribution in [2.45, 2.75) is 4.90 Å². The topological polar surface area (TPSA) is 81.2 Å². The number of thiol groups is 1. The number of aromatic hydroxyl groups is 1. The molecule has 0 saturated heterocycles. The van der Waals surface area contributed by atoms with E-state index in [0.717, 1.165) is 5.56 Å². The van der Waals surface area contributed by atoms with Crippen LogP contribution in [0.15, 0.2) is 71.8 Å². The van der Waals surface area contributed by atoms with Crippen molar-refractivity contribution in [1.29, 1.82) is 0 Å². The summed E-state index contributed by atoms with van der Waals surface area (Å²) >= 11 is 4.53. The minimum atomic E-state index is -0.443. The third kappa shape index (κ3) is 2.78. The molecule has 0 aliphatic carbocycles. The number of rotatable bonds is 3. The van der Waals surface area contributed by atoms with Crippen LogP contribution in [0.3, 0.4) is 0 Å². The Bertz CT molecular complexity index is 1140. The van der Waals surface area contributed by atoms with Gasteiger partial charge in [-0.15, -0.1) is 12.6 Å². The van der Waals surface area contributed by atoms with Crippen molar-refractivity contribution in [2.24, 2.45) is 0 Å². The largest absolute Gasteiger partial charge is 0.507 e. The molecule has 26 heavy (non-hydrogen) atoms. The maximum absolute atomic E-state index is 10.9. The van der Waals surface area contributed by atoms with Gasteiger partial charge in [-0.1, -0.05) is 30.3 Å². The molecule has 0 spiro atoms. The number of phenols is 1. The minimum Gasteiger partial charge on any atom is -0.507 e. The van der Waals surface area contributed by atoms with Crippen LogP contribution in [-0.4, -0.2) is 19.8 Å². The lowest BCUT2D eigenvalue weighted by Gasteiger charge is -2.10. The van der Waals surface area contributed by atoms with Gasteiger partial charge in [0.2, 0.25) is 0 Å². The molecule has 4 aromatic rings. The molecular formula is C19H13N3O3S. The fraction of sp³-hybridized carbons (Fsp3) is 0. The predicted molar refractivity (Wildman–Crippen MR) is 102 cm³/mol. The van der Waals surface area contributed by atoms with Crippen molar-refractivity contribution < 1.29 is 10.0 Å². The predicted octanol–water partition coefficient (Wildman–Crippen LogP) is 4.60. The van der Waals surface area contributed by atoms with E-state index in [1.165, 1.54) is 12.1 Å². The monoisotopic (exact) mass is 363 g/mol. The first-order valence-corrected chi connectivity index (χ1v) is 8.23. The molecule has 0 bridgehead atoms. The smallest absolute Gasteiger partial charge is 0.270 e. The first-order chi connectivity index (χ1) is 12.5. The second-order valence-electron chi connectivity index (χ2n) is 5.80. The summed E-state index contributed by atoms with van der Waals surface area (Å²) in [5.74, 6) is 0.106. The highest BCUT2D eigenvalue weighted by Gasteiger charge is 2.14. The third-order valence-corrected chi connectivity index (χ3v) is 4.48. The Morgan fingerprint density at radius 3 is 2.58 bits per heavy atom. The first kappa shape index (κ1) is 16.2. The fourth-order valence-electron chi connectivity index (χ4n) is 2.85. The van der Waals surface area contributed by atoms with E-state index in [2.05, 4.69) is 17.7 Å². The number of hydrogen-bond acceptors (Lipinski definition) is 5. The maximum atomic E-state index is 10.9. The van der Waals surface area contributed by atoms with Crippen LogP contribution >= 0.6 is 12.6 Å². The van der Waals surface area contributed by atoms with Crippen LogP contribution in [-0.2, 0) is 0 Å². The lowest BCUT2D eigenvalue weighted by molar-refractivity contribution is -0.384. The highest BCUT2D eigenvalue weighted by atomic mass is 32.1. The molecule has 0 saturated carbocycles. The van der Waals surface area contributed by atoms with E-state index < -0.39 is 4.92 Å². The molecule has 3 aromatic carbocycles. The lowest BCUT2D eigenvalue weighted by atomic mass is 10.0. The average Bonchev–Trinajstić information content (AvgIpc) is 3.07. The van der Waals surface area contributed by atoms with Crippen molar-refractivity contribution in [3.8, 4) is 22.6 Å². The van der Waals surface area contributed by atoms with Gasteiger partial charge in [0.1, 0.15) is 5.75 Å². The van der Waals surface area contributed by atoms with Crippen LogP contribution in [0.4, 0.5) is 5.69 Å². The zero-order valence-electron chi connectivity index (χ0n) is 13.4. The Labute approximate surface area is 153 Å². The average molecular weight is 363 g/mol. The number of fused-ring (bicyclic) bond motifs is 1. The first-order valence-electron chi connectivity index (χ1n) is 7.78. The molecule has 0 amide bonds. The number of phenolic OH excluding ortho intramolecular Hbond substituents is 1. The van der Waals surface area contributed by atoms with Gasteiger partial charge in [-0.05, 0) is 17.7 Å². The molecule has 1 aromatic heterocycles. The Hall–Kier alpha value is -3.32. The molecule has 1 N–H and O–H groups in total. The van der Waals surface area contributed by atoms with Gasteiger partial charge in [0.25, 0.3) is 5.69 Å². The van der Waals surface area contributed by atoms with Crippen LogP contribution in [0, 0.1) is 10.1 Å². The molecule has 0 radical (unpaired) electrons. The summed E-state index contributed by atoms with van der Waals surface area (Å²) in [6, 6.07) is 17.4. The van der Waals surface area contributed by atoms with Crippen molar-refractivity contribution in [1.82, 2.24) is 9.78 Å². The third-order valence-electron chi connectivity index (χ3n) is 4.12. The van der Waals surface area contributed by atoms with Crippen LogP contribution in [0.5, 0.6) is 5.75 Å². The summed E-state index contributed by atoms with van der Waals surface area (Å²) in [6.07, 6.45) is 1.68. The van der Waals surface area contributed by atoms with Crippen molar-refractivity contribution >= 4 is 29.2 Å². The molecule has 0 atom stereocenters. The van der Waals surface area contributed by atoms with Gasteiger partial charge in [0.05, 0.1) is 16.1 Å². The van der Waals surface area contributed by atoms with Gasteiger partial charge >= 0.3 is 0 Å². The van der Waals surface area contributed by atoms with Crippen LogP contribution in [0.2, 0.25) is 0 Å². The molecule has 7 heteroatoms. The van der Waals surface area contributed by atoms with Gasteiger partial charge in [0, 0.05) is 40.2 Å². The molecule has 6 nitrogen and oxygen atoms in total. The summed E-state index contributed by atoms with van der Waals surface area (Å²) in [6.45, 7) is 0. The number of nitrogens with zero attached hydrogens (tertiary/aromatic N) is 3. The van der Waals surface area contributed by atoms with E-state index in [1.54, 1.807) is 29.1 Å². The van der Waals surface area contributed by atoms with Crippen LogP contribution in [0.25, 0.3) is 27.7 Å². The maximum Gasteiger partial charge on any atom is 0.270 e. The Kier molecular flexibility index (Phi) is 3.85. The summed E-state index contributed by atoms with van der Waals surface area (Å²) in [7, 11) is 0. The van der Waals surface area contributed by atoms with Crippen molar-refractivity contribution in [2.75, 3.05) is 0 Å². The Morgan fingerprint density at radius 1 is 1.08 bits per heavy atom. The molecule has 0 unspecified atom stereocenters. The van der Waals surface area contributed by atoms with Gasteiger partial charge in [-0.2, -0.15) is 5.10 Å². The van der Waals surface area contributed by atoms with E-state index in [1.807, 2.05) is 30.3 Å². The molecular weight excluding hydrogens is 350 g/mol. The number of aromatic nitrogens is 2.